The largest absolute Gasteiger partial charge is 0.496 e. The lowest BCUT2D eigenvalue weighted by atomic mass is 10.1. The molecule has 0 amide bonds. The van der Waals surface area contributed by atoms with E-state index >= 15 is 0 Å². The molecule has 1 saturated heterocycles. The Morgan fingerprint density at radius 2 is 2.12 bits per heavy atom. The lowest BCUT2D eigenvalue weighted by Crippen LogP contribution is -2.08. The van der Waals surface area contributed by atoms with Gasteiger partial charge in [0.2, 0.25) is 0 Å². The molecule has 0 spiro atoms. The predicted molar refractivity (Wildman–Crippen MR) is 51.4 cm³/mol. The third-order valence-electron chi connectivity index (χ3n) is 2.44. The molecule has 5 heteroatoms. The molecular formula is C11H11F3O2. The Labute approximate surface area is 91.0 Å². The maximum atomic E-state index is 12.7. The fourth-order valence-electron chi connectivity index (χ4n) is 1.55. The molecule has 2 nitrogen and oxygen atoms in total. The van der Waals surface area contributed by atoms with Crippen LogP contribution in [0.15, 0.2) is 18.2 Å². The number of benzene rings is 1. The van der Waals surface area contributed by atoms with Gasteiger partial charge in [0.15, 0.2) is 0 Å². The Morgan fingerprint density at radius 1 is 1.44 bits per heavy atom. The Hall–Kier alpha value is -1.23. The van der Waals surface area contributed by atoms with E-state index in [2.05, 4.69) is 0 Å². The SMILES string of the molecule is COc1ccc(CC2CO2)cc1C(F)(F)F. The highest BCUT2D eigenvalue weighted by Crippen LogP contribution is 2.37. The average Bonchev–Trinajstić information content (AvgIpc) is 3.00. The summed E-state index contributed by atoms with van der Waals surface area (Å²) in [5, 5.41) is 0. The summed E-state index contributed by atoms with van der Waals surface area (Å²) >= 11 is 0. The van der Waals surface area contributed by atoms with Crippen molar-refractivity contribution in [2.45, 2.75) is 18.7 Å². The van der Waals surface area contributed by atoms with Crippen molar-refractivity contribution >= 4 is 0 Å². The van der Waals surface area contributed by atoms with Crippen molar-refractivity contribution in [3.8, 4) is 5.75 Å². The van der Waals surface area contributed by atoms with Crippen molar-refractivity contribution in [1.82, 2.24) is 0 Å². The number of alkyl halides is 3. The van der Waals surface area contributed by atoms with Crippen molar-refractivity contribution in [3.05, 3.63) is 29.3 Å². The first-order valence-corrected chi connectivity index (χ1v) is 4.86. The number of halogens is 3. The van der Waals surface area contributed by atoms with Gasteiger partial charge < -0.3 is 9.47 Å². The molecule has 1 heterocycles. The van der Waals surface area contributed by atoms with E-state index in [1.54, 1.807) is 6.07 Å². The van der Waals surface area contributed by atoms with Crippen LogP contribution in [-0.4, -0.2) is 19.8 Å². The van der Waals surface area contributed by atoms with Gasteiger partial charge in [0.25, 0.3) is 0 Å². The second-order valence-electron chi connectivity index (χ2n) is 3.69. The molecule has 1 fully saturated rings. The lowest BCUT2D eigenvalue weighted by molar-refractivity contribution is -0.138. The summed E-state index contributed by atoms with van der Waals surface area (Å²) in [7, 11) is 1.23. The first-order valence-electron chi connectivity index (χ1n) is 4.86. The molecule has 1 aromatic rings. The highest BCUT2D eigenvalue weighted by Gasteiger charge is 2.35. The molecule has 16 heavy (non-hydrogen) atoms. The van der Waals surface area contributed by atoms with Gasteiger partial charge in [-0.3, -0.25) is 0 Å². The molecule has 0 aromatic heterocycles. The molecule has 0 radical (unpaired) electrons. The zero-order chi connectivity index (χ0) is 11.8. The fourth-order valence-corrected chi connectivity index (χ4v) is 1.55. The van der Waals surface area contributed by atoms with Crippen LogP contribution in [0, 0.1) is 0 Å². The minimum Gasteiger partial charge on any atom is -0.496 e. The number of ether oxygens (including phenoxy) is 2. The molecule has 88 valence electrons. The highest BCUT2D eigenvalue weighted by molar-refractivity contribution is 5.39. The lowest BCUT2D eigenvalue weighted by Gasteiger charge is -2.13. The number of hydrogen-bond donors (Lipinski definition) is 0. The molecule has 0 saturated carbocycles. The summed E-state index contributed by atoms with van der Waals surface area (Å²) in [5.74, 6) is -0.145. The van der Waals surface area contributed by atoms with Gasteiger partial charge in [-0.15, -0.1) is 0 Å². The van der Waals surface area contributed by atoms with E-state index in [0.717, 1.165) is 6.07 Å². The quantitative estimate of drug-likeness (QED) is 0.747. The predicted octanol–water partition coefficient (Wildman–Crippen LogP) is 2.66. The summed E-state index contributed by atoms with van der Waals surface area (Å²) in [6, 6.07) is 4.11. The van der Waals surface area contributed by atoms with Crippen molar-refractivity contribution in [1.29, 1.82) is 0 Å². The summed E-state index contributed by atoms with van der Waals surface area (Å²) in [5.41, 5.74) is -0.108. The van der Waals surface area contributed by atoms with Gasteiger partial charge in [-0.05, 0) is 17.7 Å². The molecule has 1 aromatic carbocycles. The Bertz CT molecular complexity index is 383. The van der Waals surface area contributed by atoms with E-state index in [1.165, 1.54) is 13.2 Å². The van der Waals surface area contributed by atoms with E-state index in [9.17, 15) is 13.2 Å². The minimum atomic E-state index is -4.38. The summed E-state index contributed by atoms with van der Waals surface area (Å²) in [4.78, 5) is 0. The smallest absolute Gasteiger partial charge is 0.419 e. The molecule has 1 atom stereocenters. The van der Waals surface area contributed by atoms with E-state index in [4.69, 9.17) is 9.47 Å². The van der Waals surface area contributed by atoms with Crippen LogP contribution in [0.4, 0.5) is 13.2 Å². The Balaban J connectivity index is 2.29. The molecule has 2 rings (SSSR count). The van der Waals surface area contributed by atoms with Gasteiger partial charge in [-0.25, -0.2) is 0 Å². The third kappa shape index (κ3) is 2.47. The van der Waals surface area contributed by atoms with Crippen molar-refractivity contribution in [2.24, 2.45) is 0 Å². The molecule has 1 unspecified atom stereocenters. The molecule has 0 N–H and O–H groups in total. The van der Waals surface area contributed by atoms with E-state index in [1.807, 2.05) is 0 Å². The van der Waals surface area contributed by atoms with Gasteiger partial charge in [-0.1, -0.05) is 6.07 Å². The molecule has 1 aliphatic heterocycles. The van der Waals surface area contributed by atoms with Gasteiger partial charge in [0, 0.05) is 6.42 Å². The topological polar surface area (TPSA) is 21.8 Å². The van der Waals surface area contributed by atoms with Crippen LogP contribution >= 0.6 is 0 Å². The van der Waals surface area contributed by atoms with E-state index < -0.39 is 11.7 Å². The van der Waals surface area contributed by atoms with Gasteiger partial charge >= 0.3 is 6.18 Å². The summed E-state index contributed by atoms with van der Waals surface area (Å²) in [6.45, 7) is 0.632. The highest BCUT2D eigenvalue weighted by atomic mass is 19.4. The standard InChI is InChI=1S/C11H11F3O2/c1-15-10-3-2-7(4-8-6-16-8)5-9(10)11(12,13)14/h2-3,5,8H,4,6H2,1H3. The molecule has 0 aliphatic carbocycles. The fraction of sp³-hybridized carbons (Fsp3) is 0.455. The number of rotatable bonds is 3. The maximum absolute atomic E-state index is 12.7. The van der Waals surface area contributed by atoms with Crippen LogP contribution < -0.4 is 4.74 Å². The van der Waals surface area contributed by atoms with Crippen LogP contribution in [-0.2, 0) is 17.3 Å². The molecule has 1 aliphatic rings. The van der Waals surface area contributed by atoms with Crippen LogP contribution in [0.25, 0.3) is 0 Å². The number of epoxide rings is 1. The van der Waals surface area contributed by atoms with Crippen molar-refractivity contribution in [2.75, 3.05) is 13.7 Å². The summed E-state index contributed by atoms with van der Waals surface area (Å²) < 4.78 is 47.6. The number of methoxy groups -OCH3 is 1. The second kappa shape index (κ2) is 3.97. The average molecular weight is 232 g/mol. The normalized spacial score (nSPS) is 19.6. The van der Waals surface area contributed by atoms with Gasteiger partial charge in [-0.2, -0.15) is 13.2 Å². The van der Waals surface area contributed by atoms with Crippen molar-refractivity contribution in [3.63, 3.8) is 0 Å². The zero-order valence-electron chi connectivity index (χ0n) is 8.67. The van der Waals surface area contributed by atoms with E-state index in [-0.39, 0.29) is 11.9 Å². The monoisotopic (exact) mass is 232 g/mol. The Morgan fingerprint density at radius 3 is 2.62 bits per heavy atom. The van der Waals surface area contributed by atoms with E-state index in [0.29, 0.717) is 18.6 Å². The minimum absolute atomic E-state index is 0.0782. The van der Waals surface area contributed by atoms with Gasteiger partial charge in [0.1, 0.15) is 5.75 Å². The first-order chi connectivity index (χ1) is 7.50. The van der Waals surface area contributed by atoms with Crippen molar-refractivity contribution < 1.29 is 22.6 Å². The van der Waals surface area contributed by atoms with Gasteiger partial charge in [0.05, 0.1) is 25.4 Å². The van der Waals surface area contributed by atoms with Crippen LogP contribution in [0.5, 0.6) is 5.75 Å². The first kappa shape index (κ1) is 11.3. The maximum Gasteiger partial charge on any atom is 0.419 e. The third-order valence-corrected chi connectivity index (χ3v) is 2.44. The van der Waals surface area contributed by atoms with Crippen LogP contribution in [0.1, 0.15) is 11.1 Å². The Kier molecular flexibility index (Phi) is 2.80. The second-order valence-corrected chi connectivity index (χ2v) is 3.69. The van der Waals surface area contributed by atoms with Crippen LogP contribution in [0.3, 0.4) is 0 Å². The number of hydrogen-bond acceptors (Lipinski definition) is 2. The molecular weight excluding hydrogens is 221 g/mol. The zero-order valence-corrected chi connectivity index (χ0v) is 8.67. The molecule has 0 bridgehead atoms. The summed E-state index contributed by atoms with van der Waals surface area (Å²) in [6.07, 6.45) is -3.78. The van der Waals surface area contributed by atoms with Crippen LogP contribution in [0.2, 0.25) is 0 Å².